The van der Waals surface area contributed by atoms with Gasteiger partial charge >= 0.3 is 5.97 Å². The zero-order valence-electron chi connectivity index (χ0n) is 11.7. The molecule has 0 rings (SSSR count). The number of carbonyl (C=O) groups excluding carboxylic acids is 1. The van der Waals surface area contributed by atoms with Crippen molar-refractivity contribution in [2.75, 3.05) is 20.1 Å². The van der Waals surface area contributed by atoms with Crippen LogP contribution in [0.5, 0.6) is 0 Å². The van der Waals surface area contributed by atoms with Crippen LogP contribution < -0.4 is 0 Å². The van der Waals surface area contributed by atoms with Crippen LogP contribution in [0.15, 0.2) is 0 Å². The van der Waals surface area contributed by atoms with Crippen LogP contribution in [-0.4, -0.2) is 36.6 Å². The molecule has 0 aliphatic carbocycles. The molecule has 0 fully saturated rings. The number of hydrogen-bond acceptors (Lipinski definition) is 3. The van der Waals surface area contributed by atoms with Gasteiger partial charge in [0.15, 0.2) is 0 Å². The lowest BCUT2D eigenvalue weighted by molar-refractivity contribution is -0.155. The lowest BCUT2D eigenvalue weighted by Crippen LogP contribution is -2.29. The zero-order valence-corrected chi connectivity index (χ0v) is 11.7. The van der Waals surface area contributed by atoms with Crippen LogP contribution in [0.4, 0.5) is 0 Å². The third kappa shape index (κ3) is 8.72. The van der Waals surface area contributed by atoms with Crippen molar-refractivity contribution < 1.29 is 9.53 Å². The van der Waals surface area contributed by atoms with Crippen LogP contribution >= 0.6 is 0 Å². The summed E-state index contributed by atoms with van der Waals surface area (Å²) in [5.41, 5.74) is -0.369. The summed E-state index contributed by atoms with van der Waals surface area (Å²) in [6.07, 6.45) is 1.65. The van der Waals surface area contributed by atoms with Gasteiger partial charge < -0.3 is 9.64 Å². The van der Waals surface area contributed by atoms with Crippen molar-refractivity contribution in [3.63, 3.8) is 0 Å². The van der Waals surface area contributed by atoms with E-state index < -0.39 is 0 Å². The second-order valence-electron chi connectivity index (χ2n) is 5.61. The lowest BCUT2D eigenvalue weighted by Gasteiger charge is -2.22. The van der Waals surface area contributed by atoms with Crippen LogP contribution in [-0.2, 0) is 9.53 Å². The summed E-state index contributed by atoms with van der Waals surface area (Å²) in [6.45, 7) is 11.9. The molecule has 96 valence electrons. The highest BCUT2D eigenvalue weighted by atomic mass is 16.6. The predicted molar refractivity (Wildman–Crippen MR) is 67.4 cm³/mol. The Kier molecular flexibility index (Phi) is 6.65. The molecular weight excluding hydrogens is 202 g/mol. The Bertz CT molecular complexity index is 208. The second kappa shape index (κ2) is 6.89. The fourth-order valence-corrected chi connectivity index (χ4v) is 1.43. The molecule has 0 heterocycles. The van der Waals surface area contributed by atoms with Gasteiger partial charge in [0.2, 0.25) is 0 Å². The molecule has 0 aromatic rings. The predicted octanol–water partition coefficient (Wildman–Crippen LogP) is 2.70. The van der Waals surface area contributed by atoms with Gasteiger partial charge in [0.25, 0.3) is 0 Å². The van der Waals surface area contributed by atoms with E-state index in [1.165, 1.54) is 6.42 Å². The minimum absolute atomic E-state index is 0.108. The Hall–Kier alpha value is -0.570. The SMILES string of the molecule is CCC(C)CN(C)CCC(=O)OC(C)(C)C. The Balaban J connectivity index is 3.75. The summed E-state index contributed by atoms with van der Waals surface area (Å²) < 4.78 is 5.25. The fraction of sp³-hybridized carbons (Fsp3) is 0.923. The van der Waals surface area contributed by atoms with E-state index in [-0.39, 0.29) is 11.6 Å². The summed E-state index contributed by atoms with van der Waals surface area (Å²) in [5.74, 6) is 0.576. The highest BCUT2D eigenvalue weighted by Crippen LogP contribution is 2.09. The first-order valence-corrected chi connectivity index (χ1v) is 6.15. The Morgan fingerprint density at radius 3 is 2.38 bits per heavy atom. The maximum Gasteiger partial charge on any atom is 0.307 e. The van der Waals surface area contributed by atoms with Gasteiger partial charge in [-0.15, -0.1) is 0 Å². The van der Waals surface area contributed by atoms with E-state index in [2.05, 4.69) is 25.8 Å². The van der Waals surface area contributed by atoms with Gasteiger partial charge in [-0.3, -0.25) is 4.79 Å². The van der Waals surface area contributed by atoms with Crippen LogP contribution in [0.3, 0.4) is 0 Å². The topological polar surface area (TPSA) is 29.5 Å². The van der Waals surface area contributed by atoms with E-state index in [0.717, 1.165) is 13.1 Å². The second-order valence-corrected chi connectivity index (χ2v) is 5.61. The molecule has 0 radical (unpaired) electrons. The minimum atomic E-state index is -0.369. The van der Waals surface area contributed by atoms with E-state index >= 15 is 0 Å². The van der Waals surface area contributed by atoms with Gasteiger partial charge in [-0.05, 0) is 33.7 Å². The molecular formula is C13H27NO2. The van der Waals surface area contributed by atoms with Crippen molar-refractivity contribution in [1.29, 1.82) is 0 Å². The van der Waals surface area contributed by atoms with Crippen molar-refractivity contribution in [3.05, 3.63) is 0 Å². The Labute approximate surface area is 100 Å². The summed E-state index contributed by atoms with van der Waals surface area (Å²) in [6, 6.07) is 0. The molecule has 1 atom stereocenters. The maximum absolute atomic E-state index is 11.5. The molecule has 1 unspecified atom stereocenters. The summed E-state index contributed by atoms with van der Waals surface area (Å²) >= 11 is 0. The van der Waals surface area contributed by atoms with E-state index in [9.17, 15) is 4.79 Å². The third-order valence-corrected chi connectivity index (χ3v) is 2.44. The largest absolute Gasteiger partial charge is 0.460 e. The summed E-state index contributed by atoms with van der Waals surface area (Å²) in [7, 11) is 2.05. The quantitative estimate of drug-likeness (QED) is 0.656. The van der Waals surface area contributed by atoms with Crippen molar-refractivity contribution in [2.24, 2.45) is 5.92 Å². The van der Waals surface area contributed by atoms with E-state index in [1.54, 1.807) is 0 Å². The van der Waals surface area contributed by atoms with Crippen molar-refractivity contribution in [1.82, 2.24) is 4.90 Å². The molecule has 0 bridgehead atoms. The first-order valence-electron chi connectivity index (χ1n) is 6.15. The van der Waals surface area contributed by atoms with Crippen LogP contribution in [0, 0.1) is 5.92 Å². The Morgan fingerprint density at radius 2 is 1.94 bits per heavy atom. The van der Waals surface area contributed by atoms with Crippen LogP contribution in [0.2, 0.25) is 0 Å². The van der Waals surface area contributed by atoms with Crippen LogP contribution in [0.25, 0.3) is 0 Å². The number of carbonyl (C=O) groups is 1. The third-order valence-electron chi connectivity index (χ3n) is 2.44. The molecule has 0 N–H and O–H groups in total. The standard InChI is InChI=1S/C13H27NO2/c1-7-11(2)10-14(6)9-8-12(15)16-13(3,4)5/h11H,7-10H2,1-6H3. The molecule has 3 heteroatoms. The van der Waals surface area contributed by atoms with Crippen molar-refractivity contribution >= 4 is 5.97 Å². The van der Waals surface area contributed by atoms with E-state index in [1.807, 2.05) is 20.8 Å². The van der Waals surface area contributed by atoms with Gasteiger partial charge in [-0.1, -0.05) is 20.3 Å². The molecule has 3 nitrogen and oxygen atoms in total. The Morgan fingerprint density at radius 1 is 1.38 bits per heavy atom. The number of hydrogen-bond donors (Lipinski definition) is 0. The van der Waals surface area contributed by atoms with E-state index in [4.69, 9.17) is 4.74 Å². The van der Waals surface area contributed by atoms with Gasteiger partial charge in [-0.25, -0.2) is 0 Å². The minimum Gasteiger partial charge on any atom is -0.460 e. The number of nitrogens with zero attached hydrogens (tertiary/aromatic N) is 1. The molecule has 0 aliphatic heterocycles. The fourth-order valence-electron chi connectivity index (χ4n) is 1.43. The molecule has 0 aliphatic rings. The average Bonchev–Trinajstić information content (AvgIpc) is 2.12. The van der Waals surface area contributed by atoms with Crippen molar-refractivity contribution in [3.8, 4) is 0 Å². The monoisotopic (exact) mass is 229 g/mol. The smallest absolute Gasteiger partial charge is 0.307 e. The zero-order chi connectivity index (χ0) is 12.8. The number of esters is 1. The maximum atomic E-state index is 11.5. The average molecular weight is 229 g/mol. The molecule has 0 aromatic carbocycles. The molecule has 16 heavy (non-hydrogen) atoms. The number of ether oxygens (including phenoxy) is 1. The van der Waals surface area contributed by atoms with Gasteiger partial charge in [0.05, 0.1) is 6.42 Å². The molecule has 0 spiro atoms. The van der Waals surface area contributed by atoms with Gasteiger partial charge in [0.1, 0.15) is 5.60 Å². The van der Waals surface area contributed by atoms with Crippen molar-refractivity contribution in [2.45, 2.75) is 53.1 Å². The highest BCUT2D eigenvalue weighted by molar-refractivity contribution is 5.70. The normalized spacial score (nSPS) is 13.9. The first-order chi connectivity index (χ1) is 7.24. The molecule has 0 amide bonds. The highest BCUT2D eigenvalue weighted by Gasteiger charge is 2.16. The number of rotatable bonds is 6. The summed E-state index contributed by atoms with van der Waals surface area (Å²) in [4.78, 5) is 13.7. The molecule has 0 saturated heterocycles. The van der Waals surface area contributed by atoms with Gasteiger partial charge in [-0.2, -0.15) is 0 Å². The van der Waals surface area contributed by atoms with Crippen LogP contribution in [0.1, 0.15) is 47.5 Å². The molecule has 0 saturated carbocycles. The molecule has 0 aromatic heterocycles. The lowest BCUT2D eigenvalue weighted by atomic mass is 10.1. The first kappa shape index (κ1) is 15.4. The van der Waals surface area contributed by atoms with E-state index in [0.29, 0.717) is 12.3 Å². The van der Waals surface area contributed by atoms with Gasteiger partial charge in [0, 0.05) is 13.1 Å². The summed E-state index contributed by atoms with van der Waals surface area (Å²) in [5, 5.41) is 0.